The fourth-order valence-electron chi connectivity index (χ4n) is 8.32. The molecule has 3 unspecified atom stereocenters. The summed E-state index contributed by atoms with van der Waals surface area (Å²) >= 11 is 0. The Bertz CT molecular complexity index is 1200. The molecule has 198 valence electrons. The molecule has 5 bridgehead atoms. The first kappa shape index (κ1) is 23.9. The summed E-state index contributed by atoms with van der Waals surface area (Å²) < 4.78 is 18.3. The molecule has 10 heteroatoms. The Morgan fingerprint density at radius 2 is 2.03 bits per heavy atom. The predicted molar refractivity (Wildman–Crippen MR) is 129 cm³/mol. The molecule has 1 aliphatic carbocycles. The van der Waals surface area contributed by atoms with Crippen LogP contribution in [-0.2, 0) is 24.4 Å². The van der Waals surface area contributed by atoms with Crippen molar-refractivity contribution in [2.75, 3.05) is 6.61 Å². The van der Waals surface area contributed by atoms with Gasteiger partial charge in [0.25, 0.3) is 0 Å². The van der Waals surface area contributed by atoms with Gasteiger partial charge in [-0.2, -0.15) is 0 Å². The second kappa shape index (κ2) is 8.16. The SMILES string of the molecule is C/C=C1\C2C[C@H]3C4=Nc5ccccc5[C@@]45C[C@@H](C2[C@H]5OC(C)=O)N3[C@@H]1O[C@@H]1O[C@H](CO)[C@@H](O)[C@H](O)[C@H]1O. The Hall–Kier alpha value is -2.18. The molecule has 6 aliphatic heterocycles. The molecule has 7 aliphatic rings. The van der Waals surface area contributed by atoms with Crippen LogP contribution in [0.4, 0.5) is 5.69 Å². The summed E-state index contributed by atoms with van der Waals surface area (Å²) in [5, 5.41) is 40.9. The van der Waals surface area contributed by atoms with Crippen LogP contribution < -0.4 is 0 Å². The number of carbonyl (C=O) groups is 1. The zero-order valence-electron chi connectivity index (χ0n) is 20.7. The lowest BCUT2D eigenvalue weighted by atomic mass is 9.66. The average Bonchev–Trinajstić information content (AvgIpc) is 3.36. The molecule has 37 heavy (non-hydrogen) atoms. The summed E-state index contributed by atoms with van der Waals surface area (Å²) in [6.45, 7) is 2.89. The number of piperidine rings is 4. The standard InChI is InChI=1S/C27H32N2O8/c1-3-12-13-8-16-23-27(14-6-4-5-7-15(14)28-23)9-17(19(13)24(27)35-11(2)31)29(16)25(12)37-26-22(34)21(33)20(32)18(10-30)36-26/h3-7,13,16-22,24-26,30,32-34H,8-10H2,1-2H3/b12-3+/t13?,16-,17-,18+,19?,20+,21-,22+,24+,25+,26-,27-/m0/s1. The summed E-state index contributed by atoms with van der Waals surface area (Å²) in [7, 11) is 0. The average molecular weight is 513 g/mol. The summed E-state index contributed by atoms with van der Waals surface area (Å²) in [4.78, 5) is 19.8. The van der Waals surface area contributed by atoms with Gasteiger partial charge in [0.15, 0.2) is 6.29 Å². The molecule has 1 aromatic rings. The van der Waals surface area contributed by atoms with Crippen molar-refractivity contribution in [2.45, 2.75) is 87.2 Å². The maximum absolute atomic E-state index is 12.4. The van der Waals surface area contributed by atoms with E-state index in [1.807, 2.05) is 31.2 Å². The lowest BCUT2D eigenvalue weighted by molar-refractivity contribution is -0.328. The minimum absolute atomic E-state index is 0.0495. The maximum Gasteiger partial charge on any atom is 0.302 e. The quantitative estimate of drug-likeness (QED) is 0.327. The van der Waals surface area contributed by atoms with Gasteiger partial charge in [-0.25, -0.2) is 0 Å². The topological polar surface area (TPSA) is 141 Å². The zero-order valence-corrected chi connectivity index (χ0v) is 20.7. The molecule has 1 aromatic carbocycles. The Balaban J connectivity index is 1.30. The van der Waals surface area contributed by atoms with Gasteiger partial charge in [0, 0.05) is 18.9 Å². The normalized spacial score (nSPS) is 49.7. The number of aliphatic hydroxyl groups excluding tert-OH is 4. The number of carbonyl (C=O) groups excluding carboxylic acids is 1. The molecule has 6 heterocycles. The largest absolute Gasteiger partial charge is 0.461 e. The summed E-state index contributed by atoms with van der Waals surface area (Å²) in [5.41, 5.74) is 3.57. The van der Waals surface area contributed by atoms with Gasteiger partial charge < -0.3 is 34.6 Å². The van der Waals surface area contributed by atoms with E-state index in [1.54, 1.807) is 0 Å². The number of hydrogen-bond donors (Lipinski definition) is 4. The minimum Gasteiger partial charge on any atom is -0.461 e. The van der Waals surface area contributed by atoms with Gasteiger partial charge >= 0.3 is 5.97 Å². The van der Waals surface area contributed by atoms with E-state index in [1.165, 1.54) is 6.92 Å². The fraction of sp³-hybridized carbons (Fsp3) is 0.630. The fourth-order valence-corrected chi connectivity index (χ4v) is 8.32. The lowest BCUT2D eigenvalue weighted by Crippen LogP contribution is -2.70. The van der Waals surface area contributed by atoms with Gasteiger partial charge in [-0.05, 0) is 42.9 Å². The van der Waals surface area contributed by atoms with E-state index in [9.17, 15) is 25.2 Å². The van der Waals surface area contributed by atoms with Crippen LogP contribution >= 0.6 is 0 Å². The van der Waals surface area contributed by atoms with Gasteiger partial charge in [-0.3, -0.25) is 14.7 Å². The Kier molecular flexibility index (Phi) is 5.27. The lowest BCUT2D eigenvalue weighted by Gasteiger charge is -2.59. The number of benzene rings is 1. The summed E-state index contributed by atoms with van der Waals surface area (Å²) in [6, 6.07) is 8.10. The van der Waals surface area contributed by atoms with Crippen LogP contribution in [-0.4, -0.2) is 98.7 Å². The number of aliphatic imine (C=N–C) groups is 1. The number of esters is 1. The van der Waals surface area contributed by atoms with Crippen molar-refractivity contribution in [3.8, 4) is 0 Å². The third-order valence-electron chi connectivity index (χ3n) is 9.62. The van der Waals surface area contributed by atoms with Crippen molar-refractivity contribution >= 4 is 17.4 Å². The molecule has 8 rings (SSSR count). The van der Waals surface area contributed by atoms with Crippen molar-refractivity contribution in [3.05, 3.63) is 41.5 Å². The summed E-state index contributed by atoms with van der Waals surface area (Å²) in [5.74, 6) is -0.176. The molecule has 0 radical (unpaired) electrons. The number of para-hydroxylation sites is 1. The van der Waals surface area contributed by atoms with Crippen LogP contribution in [0.2, 0.25) is 0 Å². The second-order valence-electron chi connectivity index (χ2n) is 11.1. The molecule has 0 aromatic heterocycles. The smallest absolute Gasteiger partial charge is 0.302 e. The van der Waals surface area contributed by atoms with E-state index in [2.05, 4.69) is 11.0 Å². The minimum atomic E-state index is -1.52. The van der Waals surface area contributed by atoms with Crippen LogP contribution in [0.15, 0.2) is 40.9 Å². The monoisotopic (exact) mass is 512 g/mol. The Morgan fingerprint density at radius 3 is 2.76 bits per heavy atom. The highest BCUT2D eigenvalue weighted by Crippen LogP contribution is 2.67. The van der Waals surface area contributed by atoms with E-state index >= 15 is 0 Å². The zero-order chi connectivity index (χ0) is 25.8. The number of allylic oxidation sites excluding steroid dienone is 1. The molecular weight excluding hydrogens is 480 g/mol. The molecule has 0 amide bonds. The van der Waals surface area contributed by atoms with Crippen LogP contribution in [0.3, 0.4) is 0 Å². The van der Waals surface area contributed by atoms with Crippen LogP contribution in [0, 0.1) is 11.8 Å². The first-order chi connectivity index (χ1) is 17.8. The maximum atomic E-state index is 12.4. The van der Waals surface area contributed by atoms with E-state index in [-0.39, 0.29) is 36.0 Å². The van der Waals surface area contributed by atoms with E-state index in [0.29, 0.717) is 0 Å². The number of ether oxygens (including phenoxy) is 3. The molecule has 6 fully saturated rings. The van der Waals surface area contributed by atoms with Gasteiger partial charge in [0.2, 0.25) is 0 Å². The van der Waals surface area contributed by atoms with Crippen LogP contribution in [0.25, 0.3) is 0 Å². The third-order valence-corrected chi connectivity index (χ3v) is 9.62. The number of rotatable bonds is 4. The van der Waals surface area contributed by atoms with Gasteiger partial charge in [-0.1, -0.05) is 24.3 Å². The number of hydrogen-bond acceptors (Lipinski definition) is 10. The van der Waals surface area contributed by atoms with Crippen molar-refractivity contribution in [3.63, 3.8) is 0 Å². The molecule has 4 N–H and O–H groups in total. The van der Waals surface area contributed by atoms with Crippen LogP contribution in [0.1, 0.15) is 32.3 Å². The first-order valence-electron chi connectivity index (χ1n) is 13.1. The van der Waals surface area contributed by atoms with Gasteiger partial charge in [-0.15, -0.1) is 0 Å². The summed E-state index contributed by atoms with van der Waals surface area (Å²) in [6.07, 6.45) is -4.07. The third kappa shape index (κ3) is 2.95. The van der Waals surface area contributed by atoms with Crippen molar-refractivity contribution in [1.29, 1.82) is 0 Å². The second-order valence-corrected chi connectivity index (χ2v) is 11.1. The van der Waals surface area contributed by atoms with Crippen molar-refractivity contribution in [2.24, 2.45) is 16.8 Å². The molecule has 13 atom stereocenters. The highest BCUT2D eigenvalue weighted by Gasteiger charge is 2.75. The van der Waals surface area contributed by atoms with Crippen LogP contribution in [0.5, 0.6) is 0 Å². The molecule has 1 saturated carbocycles. The molecular formula is C27H32N2O8. The highest BCUT2D eigenvalue weighted by atomic mass is 16.7. The van der Waals surface area contributed by atoms with E-state index < -0.39 is 49.0 Å². The number of fused-ring (bicyclic) bond motifs is 2. The van der Waals surface area contributed by atoms with Gasteiger partial charge in [0.1, 0.15) is 36.7 Å². The number of nitrogens with zero attached hydrogens (tertiary/aromatic N) is 2. The van der Waals surface area contributed by atoms with E-state index in [4.69, 9.17) is 19.2 Å². The Morgan fingerprint density at radius 1 is 1.24 bits per heavy atom. The van der Waals surface area contributed by atoms with Gasteiger partial charge in [0.05, 0.1) is 29.5 Å². The molecule has 5 saturated heterocycles. The molecule has 10 nitrogen and oxygen atoms in total. The van der Waals surface area contributed by atoms with E-state index in [0.717, 1.165) is 35.4 Å². The molecule has 1 spiro atoms. The number of aliphatic hydroxyl groups is 4. The van der Waals surface area contributed by atoms with Crippen molar-refractivity contribution < 1.29 is 39.4 Å². The predicted octanol–water partition coefficient (Wildman–Crippen LogP) is 0.137. The first-order valence-corrected chi connectivity index (χ1v) is 13.1. The van der Waals surface area contributed by atoms with Crippen molar-refractivity contribution in [1.82, 2.24) is 4.90 Å². The Labute approximate surface area is 214 Å². The highest BCUT2D eigenvalue weighted by molar-refractivity contribution is 6.08.